The molecule has 5 nitrogen and oxygen atoms in total. The summed E-state index contributed by atoms with van der Waals surface area (Å²) < 4.78 is 0. The van der Waals surface area contributed by atoms with Crippen LogP contribution in [0.2, 0.25) is 0 Å². The first kappa shape index (κ1) is 12.3. The molecule has 0 bridgehead atoms. The second-order valence-corrected chi connectivity index (χ2v) is 4.77. The van der Waals surface area contributed by atoms with Gasteiger partial charge < -0.3 is 15.5 Å². The molecule has 5 heteroatoms. The van der Waals surface area contributed by atoms with Gasteiger partial charge in [0.05, 0.1) is 0 Å². The highest BCUT2D eigenvalue weighted by atomic mass is 15.2. The molecule has 1 fully saturated rings. The van der Waals surface area contributed by atoms with Crippen LogP contribution in [0.15, 0.2) is 6.07 Å². The molecule has 0 amide bonds. The number of piperazine rings is 1. The van der Waals surface area contributed by atoms with E-state index in [-0.39, 0.29) is 0 Å². The van der Waals surface area contributed by atoms with Crippen LogP contribution in [-0.4, -0.2) is 54.1 Å². The molecule has 2 rings (SSSR count). The summed E-state index contributed by atoms with van der Waals surface area (Å²) in [5.74, 6) is 0.734. The lowest BCUT2D eigenvalue weighted by atomic mass is 10.2. The number of hydrogen-bond donors (Lipinski definition) is 2. The molecule has 1 aromatic rings. The van der Waals surface area contributed by atoms with Crippen molar-refractivity contribution in [3.63, 3.8) is 0 Å². The maximum atomic E-state index is 4.37. The van der Waals surface area contributed by atoms with Crippen molar-refractivity contribution >= 4 is 5.95 Å². The summed E-state index contributed by atoms with van der Waals surface area (Å²) in [4.78, 5) is 11.1. The van der Waals surface area contributed by atoms with Crippen LogP contribution in [0.5, 0.6) is 0 Å². The van der Waals surface area contributed by atoms with E-state index in [1.807, 2.05) is 19.9 Å². The molecule has 0 spiro atoms. The molecule has 1 saturated heterocycles. The predicted molar refractivity (Wildman–Crippen MR) is 69.3 cm³/mol. The van der Waals surface area contributed by atoms with Gasteiger partial charge in [0, 0.05) is 43.6 Å². The molecule has 0 saturated carbocycles. The zero-order valence-corrected chi connectivity index (χ0v) is 10.8. The van der Waals surface area contributed by atoms with Crippen molar-refractivity contribution in [2.24, 2.45) is 0 Å². The molecule has 17 heavy (non-hydrogen) atoms. The highest BCUT2D eigenvalue weighted by molar-refractivity contribution is 5.27. The largest absolute Gasteiger partial charge is 0.353 e. The van der Waals surface area contributed by atoms with E-state index in [0.717, 1.165) is 43.5 Å². The van der Waals surface area contributed by atoms with Gasteiger partial charge in [-0.2, -0.15) is 0 Å². The summed E-state index contributed by atoms with van der Waals surface area (Å²) in [6, 6.07) is 2.45. The Kier molecular flexibility index (Phi) is 3.91. The molecule has 1 unspecified atom stereocenters. The number of aryl methyl sites for hydroxylation is 2. The number of nitrogens with one attached hydrogen (secondary N) is 2. The van der Waals surface area contributed by atoms with Crippen LogP contribution in [0.3, 0.4) is 0 Å². The minimum absolute atomic E-state index is 0.471. The lowest BCUT2D eigenvalue weighted by Crippen LogP contribution is -2.51. The van der Waals surface area contributed by atoms with Crippen molar-refractivity contribution in [2.75, 3.05) is 38.5 Å². The van der Waals surface area contributed by atoms with E-state index in [2.05, 4.69) is 32.5 Å². The minimum atomic E-state index is 0.471. The fraction of sp³-hybridized carbons (Fsp3) is 0.667. The standard InChI is InChI=1S/C12H21N5/c1-9-6-10(2)16-12(15-9)14-7-11-8-17(3)5-4-13-11/h6,11,13H,4-5,7-8H2,1-3H3,(H,14,15,16). The Morgan fingerprint density at radius 2 is 2.12 bits per heavy atom. The van der Waals surface area contributed by atoms with E-state index < -0.39 is 0 Å². The van der Waals surface area contributed by atoms with Crippen molar-refractivity contribution in [1.82, 2.24) is 20.2 Å². The summed E-state index contributed by atoms with van der Waals surface area (Å²) in [6.07, 6.45) is 0. The third-order valence-electron chi connectivity index (χ3n) is 2.95. The van der Waals surface area contributed by atoms with Crippen LogP contribution < -0.4 is 10.6 Å². The molecule has 0 aliphatic carbocycles. The quantitative estimate of drug-likeness (QED) is 0.795. The molecule has 1 aliphatic rings. The first-order chi connectivity index (χ1) is 8.13. The van der Waals surface area contributed by atoms with Gasteiger partial charge in [-0.05, 0) is 27.0 Å². The first-order valence-electron chi connectivity index (χ1n) is 6.11. The van der Waals surface area contributed by atoms with Gasteiger partial charge in [0.15, 0.2) is 0 Å². The Hall–Kier alpha value is -1.20. The number of anilines is 1. The summed E-state index contributed by atoms with van der Waals surface area (Å²) in [5.41, 5.74) is 2.02. The third kappa shape index (κ3) is 3.64. The Bertz CT molecular complexity index is 359. The molecule has 1 atom stereocenters. The Morgan fingerprint density at radius 1 is 1.41 bits per heavy atom. The molecular formula is C12H21N5. The Labute approximate surface area is 103 Å². The first-order valence-corrected chi connectivity index (χ1v) is 6.11. The van der Waals surface area contributed by atoms with Crippen LogP contribution in [0, 0.1) is 13.8 Å². The number of likely N-dealkylation sites (N-methyl/N-ethyl adjacent to an activating group) is 1. The zero-order valence-electron chi connectivity index (χ0n) is 10.8. The third-order valence-corrected chi connectivity index (χ3v) is 2.95. The lowest BCUT2D eigenvalue weighted by Gasteiger charge is -2.30. The SMILES string of the molecule is Cc1cc(C)nc(NCC2CN(C)CCN2)n1. The van der Waals surface area contributed by atoms with Gasteiger partial charge in [-0.1, -0.05) is 0 Å². The fourth-order valence-corrected chi connectivity index (χ4v) is 2.15. The van der Waals surface area contributed by atoms with Gasteiger partial charge in [-0.15, -0.1) is 0 Å². The number of nitrogens with zero attached hydrogens (tertiary/aromatic N) is 3. The highest BCUT2D eigenvalue weighted by Crippen LogP contribution is 2.04. The Morgan fingerprint density at radius 3 is 2.76 bits per heavy atom. The van der Waals surface area contributed by atoms with Gasteiger partial charge in [0.25, 0.3) is 0 Å². The normalized spacial score (nSPS) is 21.5. The predicted octanol–water partition coefficient (Wildman–Crippen LogP) is 0.409. The van der Waals surface area contributed by atoms with Crippen LogP contribution in [0.4, 0.5) is 5.95 Å². The van der Waals surface area contributed by atoms with Gasteiger partial charge >= 0.3 is 0 Å². The van der Waals surface area contributed by atoms with Crippen molar-refractivity contribution in [3.05, 3.63) is 17.5 Å². The number of aromatic nitrogens is 2. The summed E-state index contributed by atoms with van der Waals surface area (Å²) in [6.45, 7) is 8.09. The highest BCUT2D eigenvalue weighted by Gasteiger charge is 2.16. The summed E-state index contributed by atoms with van der Waals surface area (Å²) in [7, 11) is 2.15. The van der Waals surface area contributed by atoms with Crippen LogP contribution in [0.1, 0.15) is 11.4 Å². The second kappa shape index (κ2) is 5.42. The Balaban J connectivity index is 1.88. The maximum absolute atomic E-state index is 4.37. The molecule has 94 valence electrons. The van der Waals surface area contributed by atoms with E-state index in [1.54, 1.807) is 0 Å². The fourth-order valence-electron chi connectivity index (χ4n) is 2.15. The monoisotopic (exact) mass is 235 g/mol. The molecule has 0 aromatic carbocycles. The van der Waals surface area contributed by atoms with Crippen molar-refractivity contribution in [3.8, 4) is 0 Å². The average Bonchev–Trinajstić information content (AvgIpc) is 2.25. The second-order valence-electron chi connectivity index (χ2n) is 4.77. The van der Waals surface area contributed by atoms with Crippen molar-refractivity contribution in [2.45, 2.75) is 19.9 Å². The number of hydrogen-bond acceptors (Lipinski definition) is 5. The minimum Gasteiger partial charge on any atom is -0.353 e. The number of rotatable bonds is 3. The summed E-state index contributed by atoms with van der Waals surface area (Å²) >= 11 is 0. The van der Waals surface area contributed by atoms with Gasteiger partial charge in [0.2, 0.25) is 5.95 Å². The lowest BCUT2D eigenvalue weighted by molar-refractivity contribution is 0.244. The van der Waals surface area contributed by atoms with Crippen molar-refractivity contribution in [1.29, 1.82) is 0 Å². The average molecular weight is 235 g/mol. The van der Waals surface area contributed by atoms with E-state index in [9.17, 15) is 0 Å². The molecule has 1 aromatic heterocycles. The topological polar surface area (TPSA) is 53.1 Å². The maximum Gasteiger partial charge on any atom is 0.223 e. The van der Waals surface area contributed by atoms with Crippen LogP contribution in [-0.2, 0) is 0 Å². The summed E-state index contributed by atoms with van der Waals surface area (Å²) in [5, 5.41) is 6.79. The van der Waals surface area contributed by atoms with Crippen molar-refractivity contribution < 1.29 is 0 Å². The van der Waals surface area contributed by atoms with Gasteiger partial charge in [-0.3, -0.25) is 0 Å². The molecule has 1 aliphatic heterocycles. The smallest absolute Gasteiger partial charge is 0.223 e. The van der Waals surface area contributed by atoms with E-state index in [1.165, 1.54) is 0 Å². The van der Waals surface area contributed by atoms with E-state index >= 15 is 0 Å². The van der Waals surface area contributed by atoms with Gasteiger partial charge in [0.1, 0.15) is 0 Å². The zero-order chi connectivity index (χ0) is 12.3. The van der Waals surface area contributed by atoms with Crippen LogP contribution in [0.25, 0.3) is 0 Å². The van der Waals surface area contributed by atoms with Crippen LogP contribution >= 0.6 is 0 Å². The molecule has 2 heterocycles. The molecule has 0 radical (unpaired) electrons. The molecule has 2 N–H and O–H groups in total. The molecular weight excluding hydrogens is 214 g/mol. The van der Waals surface area contributed by atoms with E-state index in [0.29, 0.717) is 6.04 Å². The van der Waals surface area contributed by atoms with Gasteiger partial charge in [-0.25, -0.2) is 9.97 Å². The van der Waals surface area contributed by atoms with E-state index in [4.69, 9.17) is 0 Å².